The lowest BCUT2D eigenvalue weighted by molar-refractivity contribution is 0.0869. The fourth-order valence-electron chi connectivity index (χ4n) is 2.87. The lowest BCUT2D eigenvalue weighted by atomic mass is 9.90. The van der Waals surface area contributed by atoms with E-state index in [0.29, 0.717) is 31.1 Å². The first-order valence-electron chi connectivity index (χ1n) is 7.45. The Labute approximate surface area is 131 Å². The van der Waals surface area contributed by atoms with Crippen LogP contribution in [0.5, 0.6) is 11.5 Å². The van der Waals surface area contributed by atoms with Gasteiger partial charge in [-0.15, -0.1) is 6.58 Å². The molecular formula is C17H23NO4. The van der Waals surface area contributed by atoms with Gasteiger partial charge in [0.05, 0.1) is 26.9 Å². The number of hydrogen-bond acceptors (Lipinski definition) is 4. The van der Waals surface area contributed by atoms with Crippen LogP contribution in [0.2, 0.25) is 0 Å². The molecule has 0 unspecified atom stereocenters. The van der Waals surface area contributed by atoms with E-state index in [4.69, 9.17) is 14.2 Å². The van der Waals surface area contributed by atoms with Crippen molar-refractivity contribution < 1.29 is 19.0 Å². The Morgan fingerprint density at radius 1 is 1.36 bits per heavy atom. The number of carbonyl (C=O) groups is 1. The maximum Gasteiger partial charge on any atom is 0.410 e. The molecule has 5 nitrogen and oxygen atoms in total. The average molecular weight is 305 g/mol. The van der Waals surface area contributed by atoms with Gasteiger partial charge in [-0.05, 0) is 43.0 Å². The van der Waals surface area contributed by atoms with E-state index in [0.717, 1.165) is 12.0 Å². The second kappa shape index (κ2) is 7.20. The summed E-state index contributed by atoms with van der Waals surface area (Å²) < 4.78 is 15.9. The molecule has 1 amide bonds. The van der Waals surface area contributed by atoms with E-state index in [2.05, 4.69) is 6.58 Å². The third-order valence-corrected chi connectivity index (χ3v) is 3.89. The van der Waals surface area contributed by atoms with E-state index in [-0.39, 0.29) is 12.1 Å². The summed E-state index contributed by atoms with van der Waals surface area (Å²) in [6.07, 6.45) is 2.97. The van der Waals surface area contributed by atoms with Crippen molar-refractivity contribution >= 4 is 6.09 Å². The molecule has 1 aromatic rings. The van der Waals surface area contributed by atoms with Crippen LogP contribution >= 0.6 is 0 Å². The minimum absolute atomic E-state index is 0.0832. The second-order valence-electron chi connectivity index (χ2n) is 5.09. The van der Waals surface area contributed by atoms with Crippen molar-refractivity contribution in [3.8, 4) is 11.5 Å². The van der Waals surface area contributed by atoms with Gasteiger partial charge in [0.2, 0.25) is 0 Å². The number of nitrogens with zero attached hydrogens (tertiary/aromatic N) is 1. The van der Waals surface area contributed by atoms with Gasteiger partial charge in [0, 0.05) is 6.54 Å². The fraction of sp³-hybridized carbons (Fsp3) is 0.471. The molecule has 5 heteroatoms. The van der Waals surface area contributed by atoms with Crippen LogP contribution in [0.3, 0.4) is 0 Å². The number of fused-ring (bicyclic) bond motifs is 1. The molecule has 1 aliphatic rings. The van der Waals surface area contributed by atoms with Crippen molar-refractivity contribution in [2.24, 2.45) is 0 Å². The first kappa shape index (κ1) is 16.2. The molecule has 1 heterocycles. The Morgan fingerprint density at radius 2 is 2.05 bits per heavy atom. The summed E-state index contributed by atoms with van der Waals surface area (Å²) in [7, 11) is 3.23. The summed E-state index contributed by atoms with van der Waals surface area (Å²) in [5.74, 6) is 1.38. The Morgan fingerprint density at radius 3 is 2.64 bits per heavy atom. The van der Waals surface area contributed by atoms with Crippen molar-refractivity contribution in [1.82, 2.24) is 4.90 Å². The lowest BCUT2D eigenvalue weighted by Gasteiger charge is -2.36. The maximum atomic E-state index is 12.2. The second-order valence-corrected chi connectivity index (χ2v) is 5.09. The Hall–Kier alpha value is -2.17. The first-order chi connectivity index (χ1) is 10.7. The van der Waals surface area contributed by atoms with Crippen LogP contribution in [0, 0.1) is 0 Å². The quantitative estimate of drug-likeness (QED) is 0.783. The van der Waals surface area contributed by atoms with Crippen LogP contribution in [0.4, 0.5) is 4.79 Å². The van der Waals surface area contributed by atoms with Gasteiger partial charge >= 0.3 is 6.09 Å². The van der Waals surface area contributed by atoms with E-state index in [1.807, 2.05) is 25.1 Å². The summed E-state index contributed by atoms with van der Waals surface area (Å²) in [5.41, 5.74) is 2.24. The molecule has 1 aliphatic heterocycles. The molecule has 0 aromatic heterocycles. The number of benzene rings is 1. The first-order valence-corrected chi connectivity index (χ1v) is 7.45. The topological polar surface area (TPSA) is 48.0 Å². The van der Waals surface area contributed by atoms with E-state index in [1.165, 1.54) is 5.56 Å². The van der Waals surface area contributed by atoms with Gasteiger partial charge in [-0.3, -0.25) is 0 Å². The summed E-state index contributed by atoms with van der Waals surface area (Å²) in [6.45, 7) is 6.62. The predicted octanol–water partition coefficient (Wildman–Crippen LogP) is 3.34. The van der Waals surface area contributed by atoms with Crippen molar-refractivity contribution in [2.45, 2.75) is 25.8 Å². The monoisotopic (exact) mass is 305 g/mol. The number of carbonyl (C=O) groups excluding carboxylic acids is 1. The van der Waals surface area contributed by atoms with Crippen LogP contribution < -0.4 is 9.47 Å². The van der Waals surface area contributed by atoms with E-state index < -0.39 is 0 Å². The van der Waals surface area contributed by atoms with Gasteiger partial charge in [-0.1, -0.05) is 6.08 Å². The molecular weight excluding hydrogens is 282 g/mol. The Bertz CT molecular complexity index is 556. The van der Waals surface area contributed by atoms with Gasteiger partial charge in [0.1, 0.15) is 0 Å². The highest BCUT2D eigenvalue weighted by Crippen LogP contribution is 2.39. The molecule has 0 saturated heterocycles. The third-order valence-electron chi connectivity index (χ3n) is 3.89. The van der Waals surface area contributed by atoms with Crippen LogP contribution in [0.25, 0.3) is 0 Å². The van der Waals surface area contributed by atoms with Crippen LogP contribution in [-0.4, -0.2) is 38.4 Å². The molecule has 2 rings (SSSR count). The summed E-state index contributed by atoms with van der Waals surface area (Å²) in [5, 5.41) is 0. The zero-order valence-corrected chi connectivity index (χ0v) is 13.4. The Kier molecular flexibility index (Phi) is 5.31. The number of rotatable bonds is 5. The number of hydrogen-bond donors (Lipinski definition) is 0. The highest BCUT2D eigenvalue weighted by Gasteiger charge is 2.32. The summed E-state index contributed by atoms with van der Waals surface area (Å²) in [4.78, 5) is 13.9. The minimum atomic E-state index is -0.283. The van der Waals surface area contributed by atoms with E-state index >= 15 is 0 Å². The third kappa shape index (κ3) is 3.03. The largest absolute Gasteiger partial charge is 0.493 e. The summed E-state index contributed by atoms with van der Waals surface area (Å²) >= 11 is 0. The number of ether oxygens (including phenoxy) is 3. The van der Waals surface area contributed by atoms with Gasteiger partial charge in [-0.2, -0.15) is 0 Å². The van der Waals surface area contributed by atoms with Gasteiger partial charge < -0.3 is 19.1 Å². The zero-order chi connectivity index (χ0) is 16.1. The molecule has 0 radical (unpaired) electrons. The molecule has 0 spiro atoms. The van der Waals surface area contributed by atoms with E-state index in [9.17, 15) is 4.79 Å². The molecule has 1 atom stereocenters. The van der Waals surface area contributed by atoms with Crippen LogP contribution in [0.15, 0.2) is 24.8 Å². The molecule has 0 aliphatic carbocycles. The SMILES string of the molecule is C=CC[C@H]1c2cc(OC)c(OC)cc2CCN1C(=O)OCC. The number of methoxy groups -OCH3 is 2. The van der Waals surface area contributed by atoms with Crippen LogP contribution in [-0.2, 0) is 11.2 Å². The summed E-state index contributed by atoms with van der Waals surface area (Å²) in [6, 6.07) is 3.86. The molecule has 0 fully saturated rings. The predicted molar refractivity (Wildman–Crippen MR) is 84.5 cm³/mol. The normalized spacial score (nSPS) is 16.7. The maximum absolute atomic E-state index is 12.2. The Balaban J connectivity index is 2.43. The van der Waals surface area contributed by atoms with Crippen molar-refractivity contribution in [1.29, 1.82) is 0 Å². The molecule has 0 N–H and O–H groups in total. The van der Waals surface area contributed by atoms with Crippen molar-refractivity contribution in [3.63, 3.8) is 0 Å². The van der Waals surface area contributed by atoms with Crippen molar-refractivity contribution in [3.05, 3.63) is 35.9 Å². The lowest BCUT2D eigenvalue weighted by Crippen LogP contribution is -2.40. The van der Waals surface area contributed by atoms with E-state index in [1.54, 1.807) is 19.1 Å². The van der Waals surface area contributed by atoms with Gasteiger partial charge in [0.15, 0.2) is 11.5 Å². The molecule has 0 bridgehead atoms. The van der Waals surface area contributed by atoms with Gasteiger partial charge in [-0.25, -0.2) is 4.79 Å². The van der Waals surface area contributed by atoms with Crippen molar-refractivity contribution in [2.75, 3.05) is 27.4 Å². The number of amides is 1. The average Bonchev–Trinajstić information content (AvgIpc) is 2.54. The molecule has 22 heavy (non-hydrogen) atoms. The fourth-order valence-corrected chi connectivity index (χ4v) is 2.87. The molecule has 0 saturated carbocycles. The zero-order valence-electron chi connectivity index (χ0n) is 13.4. The minimum Gasteiger partial charge on any atom is -0.493 e. The smallest absolute Gasteiger partial charge is 0.410 e. The highest BCUT2D eigenvalue weighted by atomic mass is 16.6. The molecule has 1 aromatic carbocycles. The van der Waals surface area contributed by atoms with Crippen LogP contribution in [0.1, 0.15) is 30.5 Å². The molecule has 120 valence electrons. The van der Waals surface area contributed by atoms with Gasteiger partial charge in [0.25, 0.3) is 0 Å². The highest BCUT2D eigenvalue weighted by molar-refractivity contribution is 5.69. The standard InChI is InChI=1S/C17H23NO4/c1-5-7-14-13-11-16(21-4)15(20-3)10-12(13)8-9-18(14)17(19)22-6-2/h5,10-11,14H,1,6-9H2,2-4H3/t14-/m0/s1.